The third-order valence-corrected chi connectivity index (χ3v) is 12.3. The minimum Gasteiger partial charge on any atom is -0.306 e. The molecule has 1 heteroatoms. The summed E-state index contributed by atoms with van der Waals surface area (Å²) in [5.74, 6) is 2.48. The van der Waals surface area contributed by atoms with Crippen molar-refractivity contribution >= 4 is 0 Å². The standard InChI is InChI=1S/C34H67N.C19H38/c1-7-10-13-16-18-24-29-34(28-23-15-12-9-3)33(5)27-22-20-21-26-32(4)31-35(6)30-25-19-17-14-11-8-2;1-5-8-10-12-13-15-17-19(18(4)7-3)16-14-11-9-6-2/h8,32,34H,2,5,7,9-31H2,1,3-4,6H3;7,19H,5-6,8-17H2,1-4H3/b;18-7+. The van der Waals surface area contributed by atoms with E-state index < -0.39 is 0 Å². The smallest absolute Gasteiger partial charge is 0.000397 e. The molecule has 0 heterocycles. The van der Waals surface area contributed by atoms with Crippen molar-refractivity contribution in [2.24, 2.45) is 17.8 Å². The highest BCUT2D eigenvalue weighted by Gasteiger charge is 2.13. The minimum atomic E-state index is 0.794. The molecule has 54 heavy (non-hydrogen) atoms. The largest absolute Gasteiger partial charge is 0.306 e. The Morgan fingerprint density at radius 1 is 0.519 bits per heavy atom. The number of hydrogen-bond acceptors (Lipinski definition) is 1. The van der Waals surface area contributed by atoms with Crippen LogP contribution in [0.2, 0.25) is 0 Å². The lowest BCUT2D eigenvalue weighted by Crippen LogP contribution is -2.25. The van der Waals surface area contributed by atoms with Crippen LogP contribution in [0.15, 0.2) is 36.5 Å². The van der Waals surface area contributed by atoms with Crippen LogP contribution in [-0.2, 0) is 0 Å². The molecule has 0 aromatic carbocycles. The number of allylic oxidation sites excluding steroid dienone is 4. The van der Waals surface area contributed by atoms with Gasteiger partial charge in [0.25, 0.3) is 0 Å². The topological polar surface area (TPSA) is 3.24 Å². The zero-order chi connectivity index (χ0) is 40.3. The van der Waals surface area contributed by atoms with Crippen LogP contribution in [0.1, 0.15) is 267 Å². The molecule has 0 aliphatic carbocycles. The lowest BCUT2D eigenvalue weighted by Gasteiger charge is -2.22. The molecule has 0 N–H and O–H groups in total. The van der Waals surface area contributed by atoms with Crippen molar-refractivity contribution in [2.45, 2.75) is 267 Å². The summed E-state index contributed by atoms with van der Waals surface area (Å²) < 4.78 is 0. The number of rotatable bonds is 41. The van der Waals surface area contributed by atoms with Gasteiger partial charge in [-0.3, -0.25) is 0 Å². The number of hydrogen-bond donors (Lipinski definition) is 0. The van der Waals surface area contributed by atoms with E-state index in [2.05, 4.69) is 79.6 Å². The minimum absolute atomic E-state index is 0.794. The van der Waals surface area contributed by atoms with Crippen LogP contribution in [0, 0.1) is 17.8 Å². The molecule has 0 rings (SSSR count). The van der Waals surface area contributed by atoms with Crippen molar-refractivity contribution in [3.63, 3.8) is 0 Å². The van der Waals surface area contributed by atoms with Gasteiger partial charge in [0.05, 0.1) is 0 Å². The summed E-state index contributed by atoms with van der Waals surface area (Å²) in [6, 6.07) is 0. The quantitative estimate of drug-likeness (QED) is 0.0444. The highest BCUT2D eigenvalue weighted by molar-refractivity contribution is 5.02. The van der Waals surface area contributed by atoms with Crippen molar-refractivity contribution in [1.82, 2.24) is 4.90 Å². The lowest BCUT2D eigenvalue weighted by molar-refractivity contribution is 0.269. The predicted molar refractivity (Wildman–Crippen MR) is 252 cm³/mol. The maximum Gasteiger partial charge on any atom is 0.000397 e. The molecule has 3 atom stereocenters. The third kappa shape index (κ3) is 39.4. The van der Waals surface area contributed by atoms with Gasteiger partial charge in [-0.1, -0.05) is 219 Å². The SMILES string of the molecule is C/C=C(\C)C(CCCCCC)CCCCCCCC.C=CCCCCCCN(C)CC(C)CCCCCC(=C)C(CCCCCC)CCCCCCCC. The Hall–Kier alpha value is -0.820. The summed E-state index contributed by atoms with van der Waals surface area (Å²) in [5.41, 5.74) is 3.21. The van der Waals surface area contributed by atoms with E-state index in [1.807, 2.05) is 6.08 Å². The Morgan fingerprint density at radius 3 is 1.39 bits per heavy atom. The molecule has 0 saturated heterocycles. The average Bonchev–Trinajstić information content (AvgIpc) is 3.17. The second kappa shape index (κ2) is 44.9. The van der Waals surface area contributed by atoms with E-state index in [1.54, 1.807) is 11.1 Å². The molecule has 0 aromatic heterocycles. The summed E-state index contributed by atoms with van der Waals surface area (Å²) in [4.78, 5) is 2.56. The number of unbranched alkanes of at least 4 members (excludes halogenated alkanes) is 22. The molecule has 0 bridgehead atoms. The van der Waals surface area contributed by atoms with Gasteiger partial charge < -0.3 is 4.90 Å². The van der Waals surface area contributed by atoms with Gasteiger partial charge in [0.1, 0.15) is 0 Å². The molecular weight excluding hydrogens is 651 g/mol. The maximum atomic E-state index is 4.59. The highest BCUT2D eigenvalue weighted by Crippen LogP contribution is 2.29. The van der Waals surface area contributed by atoms with Gasteiger partial charge in [-0.15, -0.1) is 6.58 Å². The summed E-state index contributed by atoms with van der Waals surface area (Å²) in [6.45, 7) is 27.1. The fraction of sp³-hybridized carbons (Fsp3) is 0.887. The Morgan fingerprint density at radius 2 is 0.907 bits per heavy atom. The fourth-order valence-corrected chi connectivity index (χ4v) is 8.33. The maximum absolute atomic E-state index is 4.59. The monoisotopic (exact) mass is 756 g/mol. The predicted octanol–water partition coefficient (Wildman–Crippen LogP) is 18.8. The molecule has 0 aliphatic rings. The van der Waals surface area contributed by atoms with E-state index in [0.717, 1.165) is 17.8 Å². The van der Waals surface area contributed by atoms with Crippen molar-refractivity contribution in [1.29, 1.82) is 0 Å². The Balaban J connectivity index is 0. The van der Waals surface area contributed by atoms with Crippen LogP contribution >= 0.6 is 0 Å². The molecule has 0 spiro atoms. The molecule has 0 aromatic rings. The van der Waals surface area contributed by atoms with E-state index in [-0.39, 0.29) is 0 Å². The van der Waals surface area contributed by atoms with E-state index >= 15 is 0 Å². The molecule has 322 valence electrons. The summed E-state index contributed by atoms with van der Waals surface area (Å²) >= 11 is 0. The van der Waals surface area contributed by atoms with Crippen LogP contribution in [0.25, 0.3) is 0 Å². The Bertz CT molecular complexity index is 778. The van der Waals surface area contributed by atoms with Gasteiger partial charge in [-0.05, 0) is 109 Å². The van der Waals surface area contributed by atoms with Gasteiger partial charge in [0.2, 0.25) is 0 Å². The van der Waals surface area contributed by atoms with Crippen molar-refractivity contribution in [2.75, 3.05) is 20.1 Å². The Kier molecular flexibility index (Phi) is 46.0. The van der Waals surface area contributed by atoms with E-state index in [9.17, 15) is 0 Å². The molecule has 1 nitrogen and oxygen atoms in total. The van der Waals surface area contributed by atoms with Crippen LogP contribution in [0.3, 0.4) is 0 Å². The van der Waals surface area contributed by atoms with Gasteiger partial charge in [0, 0.05) is 6.54 Å². The fourth-order valence-electron chi connectivity index (χ4n) is 8.33. The van der Waals surface area contributed by atoms with Crippen molar-refractivity contribution in [3.8, 4) is 0 Å². The van der Waals surface area contributed by atoms with Crippen molar-refractivity contribution < 1.29 is 0 Å². The third-order valence-electron chi connectivity index (χ3n) is 12.3. The molecule has 3 unspecified atom stereocenters. The van der Waals surface area contributed by atoms with Crippen LogP contribution in [0.5, 0.6) is 0 Å². The molecule has 0 fully saturated rings. The van der Waals surface area contributed by atoms with Crippen molar-refractivity contribution in [3.05, 3.63) is 36.5 Å². The zero-order valence-electron chi connectivity index (χ0n) is 39.2. The molecular formula is C53H105N. The summed E-state index contributed by atoms with van der Waals surface area (Å²) in [5, 5.41) is 0. The van der Waals surface area contributed by atoms with Crippen LogP contribution < -0.4 is 0 Å². The summed E-state index contributed by atoms with van der Waals surface area (Å²) in [7, 11) is 2.31. The molecule has 0 amide bonds. The number of nitrogens with zero attached hydrogens (tertiary/aromatic N) is 1. The normalized spacial score (nSPS) is 13.5. The van der Waals surface area contributed by atoms with Gasteiger partial charge in [-0.2, -0.15) is 0 Å². The van der Waals surface area contributed by atoms with Crippen LogP contribution in [0.4, 0.5) is 0 Å². The first kappa shape index (κ1) is 55.3. The highest BCUT2D eigenvalue weighted by atomic mass is 15.1. The van der Waals surface area contributed by atoms with Gasteiger partial charge in [-0.25, -0.2) is 0 Å². The van der Waals surface area contributed by atoms with E-state index in [4.69, 9.17) is 0 Å². The van der Waals surface area contributed by atoms with E-state index in [0.29, 0.717) is 0 Å². The lowest BCUT2D eigenvalue weighted by atomic mass is 9.86. The zero-order valence-corrected chi connectivity index (χ0v) is 39.2. The molecule has 0 radical (unpaired) electrons. The first-order valence-corrected chi connectivity index (χ1v) is 24.9. The second-order valence-corrected chi connectivity index (χ2v) is 17.9. The first-order chi connectivity index (χ1) is 26.3. The first-order valence-electron chi connectivity index (χ1n) is 24.9. The average molecular weight is 756 g/mol. The van der Waals surface area contributed by atoms with Crippen LogP contribution in [-0.4, -0.2) is 25.0 Å². The second-order valence-electron chi connectivity index (χ2n) is 17.9. The van der Waals surface area contributed by atoms with E-state index in [1.165, 1.54) is 231 Å². The molecule has 0 saturated carbocycles. The molecule has 0 aliphatic heterocycles. The summed E-state index contributed by atoms with van der Waals surface area (Å²) in [6.07, 6.45) is 51.6. The van der Waals surface area contributed by atoms with Gasteiger partial charge >= 0.3 is 0 Å². The van der Waals surface area contributed by atoms with Gasteiger partial charge in [0.15, 0.2) is 0 Å². The Labute approximate surface area is 344 Å².